The van der Waals surface area contributed by atoms with Gasteiger partial charge in [-0.3, -0.25) is 9.59 Å². The molecular formula is C11H17N5O3. The van der Waals surface area contributed by atoms with Crippen LogP contribution in [0.15, 0.2) is 6.20 Å². The minimum Gasteiger partial charge on any atom is -0.483 e. The first-order valence-corrected chi connectivity index (χ1v) is 5.81. The van der Waals surface area contributed by atoms with E-state index in [2.05, 4.69) is 20.2 Å². The van der Waals surface area contributed by atoms with Crippen LogP contribution in [0.2, 0.25) is 0 Å². The van der Waals surface area contributed by atoms with Crippen molar-refractivity contribution in [3.05, 3.63) is 11.8 Å². The Morgan fingerprint density at radius 1 is 1.53 bits per heavy atom. The molecule has 2 heterocycles. The normalized spacial score (nSPS) is 13.4. The van der Waals surface area contributed by atoms with Crippen LogP contribution in [-0.2, 0) is 4.79 Å². The lowest BCUT2D eigenvalue weighted by Crippen LogP contribution is -2.22. The number of nitrogens with one attached hydrogen (secondary N) is 1. The van der Waals surface area contributed by atoms with Gasteiger partial charge in [0, 0.05) is 26.3 Å². The molecule has 0 atom stereocenters. The molecule has 0 aromatic carbocycles. The number of hydrogen-bond acceptors (Lipinski definition) is 6. The molecule has 19 heavy (non-hydrogen) atoms. The third-order valence-corrected chi connectivity index (χ3v) is 2.67. The summed E-state index contributed by atoms with van der Waals surface area (Å²) in [4.78, 5) is 30.0. The summed E-state index contributed by atoms with van der Waals surface area (Å²) in [6, 6.07) is 0. The second kappa shape index (κ2) is 7.14. The molecule has 0 unspecified atom stereocenters. The summed E-state index contributed by atoms with van der Waals surface area (Å²) in [6.45, 7) is 1.69. The van der Waals surface area contributed by atoms with Gasteiger partial charge in [0.05, 0.1) is 5.56 Å². The van der Waals surface area contributed by atoms with Crippen LogP contribution >= 0.6 is 0 Å². The Kier molecular flexibility index (Phi) is 5.52. The highest BCUT2D eigenvalue weighted by atomic mass is 16.3. The fraction of sp³-hybridized carbons (Fsp3) is 0.455. The molecule has 8 nitrogen and oxygen atoms in total. The molecule has 1 aromatic rings. The highest BCUT2D eigenvalue weighted by molar-refractivity contribution is 5.97. The third kappa shape index (κ3) is 3.80. The van der Waals surface area contributed by atoms with E-state index >= 15 is 0 Å². The quantitative estimate of drug-likeness (QED) is 0.654. The van der Waals surface area contributed by atoms with Crippen LogP contribution in [0.3, 0.4) is 0 Å². The Balaban J connectivity index is 0.000000550. The number of nitrogens with two attached hydrogens (primary N) is 1. The van der Waals surface area contributed by atoms with Gasteiger partial charge in [0.1, 0.15) is 5.82 Å². The van der Waals surface area contributed by atoms with Crippen molar-refractivity contribution in [2.75, 3.05) is 30.4 Å². The molecule has 1 aliphatic rings. The fourth-order valence-electron chi connectivity index (χ4n) is 1.81. The number of primary amides is 1. The standard InChI is InChI=1S/C10H15N5O.CH2O2/c1-12-9-7(8(11)16)6-13-10(14-9)15-4-2-3-5-15;2-1-3/h6H,2-5H2,1H3,(H2,11,16)(H,12,13,14);1H,(H,2,3). The summed E-state index contributed by atoms with van der Waals surface area (Å²) in [5.41, 5.74) is 5.55. The van der Waals surface area contributed by atoms with Crippen molar-refractivity contribution < 1.29 is 14.7 Å². The van der Waals surface area contributed by atoms with Crippen molar-refractivity contribution in [1.82, 2.24) is 9.97 Å². The third-order valence-electron chi connectivity index (χ3n) is 2.67. The molecule has 0 bridgehead atoms. The van der Waals surface area contributed by atoms with E-state index in [-0.39, 0.29) is 6.47 Å². The molecule has 1 amide bonds. The van der Waals surface area contributed by atoms with E-state index in [4.69, 9.17) is 15.6 Å². The van der Waals surface area contributed by atoms with E-state index in [1.807, 2.05) is 0 Å². The summed E-state index contributed by atoms with van der Waals surface area (Å²) in [5.74, 6) is 0.633. The number of carbonyl (C=O) groups excluding carboxylic acids is 1. The van der Waals surface area contributed by atoms with Gasteiger partial charge < -0.3 is 21.1 Å². The minimum atomic E-state index is -0.516. The van der Waals surface area contributed by atoms with Crippen molar-refractivity contribution in [2.24, 2.45) is 5.73 Å². The molecule has 1 aromatic heterocycles. The summed E-state index contributed by atoms with van der Waals surface area (Å²) in [5, 5.41) is 9.75. The first-order chi connectivity index (χ1) is 9.13. The summed E-state index contributed by atoms with van der Waals surface area (Å²) < 4.78 is 0. The molecule has 104 valence electrons. The molecule has 1 saturated heterocycles. The zero-order valence-corrected chi connectivity index (χ0v) is 10.7. The molecule has 2 rings (SSSR count). The van der Waals surface area contributed by atoms with Crippen LogP contribution in [0.5, 0.6) is 0 Å². The molecule has 0 spiro atoms. The number of nitrogens with zero attached hydrogens (tertiary/aromatic N) is 3. The highest BCUT2D eigenvalue weighted by Gasteiger charge is 2.17. The van der Waals surface area contributed by atoms with Crippen LogP contribution in [0.1, 0.15) is 23.2 Å². The average molecular weight is 267 g/mol. The van der Waals surface area contributed by atoms with Gasteiger partial charge in [-0.1, -0.05) is 0 Å². The predicted octanol–water partition coefficient (Wildman–Crippen LogP) is -0.0818. The van der Waals surface area contributed by atoms with Crippen LogP contribution in [-0.4, -0.2) is 47.6 Å². The van der Waals surface area contributed by atoms with Crippen molar-refractivity contribution >= 4 is 24.1 Å². The number of amides is 1. The van der Waals surface area contributed by atoms with Crippen molar-refractivity contribution in [3.8, 4) is 0 Å². The van der Waals surface area contributed by atoms with Gasteiger partial charge in [0.15, 0.2) is 0 Å². The molecular weight excluding hydrogens is 250 g/mol. The van der Waals surface area contributed by atoms with Crippen LogP contribution < -0.4 is 16.0 Å². The summed E-state index contributed by atoms with van der Waals surface area (Å²) in [7, 11) is 1.71. The van der Waals surface area contributed by atoms with Gasteiger partial charge in [-0.15, -0.1) is 0 Å². The Morgan fingerprint density at radius 2 is 2.11 bits per heavy atom. The molecule has 1 aliphatic heterocycles. The van der Waals surface area contributed by atoms with E-state index in [0.29, 0.717) is 17.3 Å². The topological polar surface area (TPSA) is 121 Å². The Labute approximate surface area is 110 Å². The number of carboxylic acid groups (broad SMARTS) is 1. The number of hydrogen-bond donors (Lipinski definition) is 3. The van der Waals surface area contributed by atoms with E-state index in [1.165, 1.54) is 6.20 Å². The lowest BCUT2D eigenvalue weighted by Gasteiger charge is -2.16. The Hall–Kier alpha value is -2.38. The largest absolute Gasteiger partial charge is 0.483 e. The van der Waals surface area contributed by atoms with Crippen LogP contribution in [0.4, 0.5) is 11.8 Å². The van der Waals surface area contributed by atoms with E-state index < -0.39 is 5.91 Å². The zero-order valence-electron chi connectivity index (χ0n) is 10.7. The lowest BCUT2D eigenvalue weighted by molar-refractivity contribution is -0.122. The predicted molar refractivity (Wildman–Crippen MR) is 70.2 cm³/mol. The molecule has 8 heteroatoms. The minimum absolute atomic E-state index is 0.250. The van der Waals surface area contributed by atoms with Gasteiger partial charge in [-0.05, 0) is 12.8 Å². The smallest absolute Gasteiger partial charge is 0.290 e. The molecule has 1 fully saturated rings. The van der Waals surface area contributed by atoms with Crippen LogP contribution in [0.25, 0.3) is 0 Å². The second-order valence-electron chi connectivity index (χ2n) is 3.85. The maximum absolute atomic E-state index is 11.1. The number of anilines is 2. The van der Waals surface area contributed by atoms with Crippen LogP contribution in [0, 0.1) is 0 Å². The first kappa shape index (κ1) is 14.7. The van der Waals surface area contributed by atoms with Gasteiger partial charge >= 0.3 is 0 Å². The van der Waals surface area contributed by atoms with Crippen molar-refractivity contribution in [3.63, 3.8) is 0 Å². The number of aromatic nitrogens is 2. The van der Waals surface area contributed by atoms with Gasteiger partial charge in [0.2, 0.25) is 5.95 Å². The molecule has 4 N–H and O–H groups in total. The van der Waals surface area contributed by atoms with Gasteiger partial charge in [-0.25, -0.2) is 4.98 Å². The number of carbonyl (C=O) groups is 2. The highest BCUT2D eigenvalue weighted by Crippen LogP contribution is 2.19. The Bertz CT molecular complexity index is 446. The SMILES string of the molecule is CNc1nc(N2CCCC2)ncc1C(N)=O.O=CO. The Morgan fingerprint density at radius 3 is 2.58 bits per heavy atom. The first-order valence-electron chi connectivity index (χ1n) is 5.81. The van der Waals surface area contributed by atoms with Gasteiger partial charge in [-0.2, -0.15) is 4.98 Å². The van der Waals surface area contributed by atoms with E-state index in [1.54, 1.807) is 7.05 Å². The lowest BCUT2D eigenvalue weighted by atomic mass is 10.3. The molecule has 0 aliphatic carbocycles. The average Bonchev–Trinajstić information content (AvgIpc) is 2.92. The summed E-state index contributed by atoms with van der Waals surface area (Å²) >= 11 is 0. The second-order valence-corrected chi connectivity index (χ2v) is 3.85. The molecule has 0 radical (unpaired) electrons. The summed E-state index contributed by atoms with van der Waals surface area (Å²) in [6.07, 6.45) is 3.81. The maximum Gasteiger partial charge on any atom is 0.290 e. The zero-order chi connectivity index (χ0) is 14.3. The van der Waals surface area contributed by atoms with Gasteiger partial charge in [0.25, 0.3) is 12.4 Å². The number of rotatable bonds is 3. The van der Waals surface area contributed by atoms with Crippen molar-refractivity contribution in [2.45, 2.75) is 12.8 Å². The molecule has 0 saturated carbocycles. The van der Waals surface area contributed by atoms with E-state index in [9.17, 15) is 4.79 Å². The van der Waals surface area contributed by atoms with E-state index in [0.717, 1.165) is 25.9 Å². The van der Waals surface area contributed by atoms with Crippen molar-refractivity contribution in [1.29, 1.82) is 0 Å². The monoisotopic (exact) mass is 267 g/mol. The fourth-order valence-corrected chi connectivity index (χ4v) is 1.81. The maximum atomic E-state index is 11.1.